The molecule has 2 aliphatic rings. The highest BCUT2D eigenvalue weighted by atomic mass is 15.4. The Labute approximate surface area is 109 Å². The van der Waals surface area contributed by atoms with E-state index in [0.29, 0.717) is 6.04 Å². The van der Waals surface area contributed by atoms with Gasteiger partial charge in [-0.25, -0.2) is 4.68 Å². The lowest BCUT2D eigenvalue weighted by Crippen LogP contribution is -2.23. The fourth-order valence-corrected chi connectivity index (χ4v) is 3.11. The van der Waals surface area contributed by atoms with Crippen molar-refractivity contribution in [3.05, 3.63) is 11.9 Å². The molecule has 3 rings (SSSR count). The number of hydrogen-bond acceptors (Lipinski definition) is 3. The maximum absolute atomic E-state index is 4.36. The van der Waals surface area contributed by atoms with Crippen LogP contribution >= 0.6 is 0 Å². The Morgan fingerprint density at radius 1 is 1.28 bits per heavy atom. The first kappa shape index (κ1) is 12.2. The van der Waals surface area contributed by atoms with Crippen LogP contribution in [0.3, 0.4) is 0 Å². The summed E-state index contributed by atoms with van der Waals surface area (Å²) in [6.45, 7) is 3.18. The van der Waals surface area contributed by atoms with Crippen molar-refractivity contribution in [2.24, 2.45) is 5.92 Å². The van der Waals surface area contributed by atoms with Crippen molar-refractivity contribution in [3.63, 3.8) is 0 Å². The van der Waals surface area contributed by atoms with E-state index >= 15 is 0 Å². The number of nitrogens with zero attached hydrogens (tertiary/aromatic N) is 3. The molecule has 1 aromatic rings. The summed E-state index contributed by atoms with van der Waals surface area (Å²) < 4.78 is 2.14. The SMILES string of the molecule is CCC1CCCCC1n1cc(CNC2CC2)nn1. The van der Waals surface area contributed by atoms with Gasteiger partial charge in [-0.3, -0.25) is 0 Å². The quantitative estimate of drug-likeness (QED) is 0.871. The summed E-state index contributed by atoms with van der Waals surface area (Å²) in [5.41, 5.74) is 1.10. The average molecular weight is 248 g/mol. The molecule has 2 fully saturated rings. The van der Waals surface area contributed by atoms with Crippen LogP contribution in [0, 0.1) is 5.92 Å². The minimum Gasteiger partial charge on any atom is -0.308 e. The van der Waals surface area contributed by atoms with Crippen LogP contribution in [0.2, 0.25) is 0 Å². The van der Waals surface area contributed by atoms with Crippen LogP contribution in [0.1, 0.15) is 63.6 Å². The van der Waals surface area contributed by atoms with Crippen molar-refractivity contribution in [3.8, 4) is 0 Å². The molecule has 0 radical (unpaired) electrons. The number of rotatable bonds is 5. The van der Waals surface area contributed by atoms with Gasteiger partial charge in [0.2, 0.25) is 0 Å². The van der Waals surface area contributed by atoms with E-state index in [1.165, 1.54) is 44.9 Å². The molecule has 0 spiro atoms. The zero-order valence-corrected chi connectivity index (χ0v) is 11.3. The molecule has 0 amide bonds. The first-order valence-corrected chi connectivity index (χ1v) is 7.51. The van der Waals surface area contributed by atoms with Crippen LogP contribution in [0.4, 0.5) is 0 Å². The molecule has 0 saturated heterocycles. The Bertz CT molecular complexity index is 383. The molecule has 0 aromatic carbocycles. The van der Waals surface area contributed by atoms with E-state index in [1.54, 1.807) is 0 Å². The van der Waals surface area contributed by atoms with Gasteiger partial charge in [0.1, 0.15) is 0 Å². The van der Waals surface area contributed by atoms with Crippen LogP contribution in [0.25, 0.3) is 0 Å². The molecular formula is C14H24N4. The first-order chi connectivity index (χ1) is 8.86. The molecule has 0 aliphatic heterocycles. The number of nitrogens with one attached hydrogen (secondary N) is 1. The highest BCUT2D eigenvalue weighted by molar-refractivity contribution is 4.96. The third-order valence-corrected chi connectivity index (χ3v) is 4.44. The first-order valence-electron chi connectivity index (χ1n) is 7.51. The standard InChI is InChI=1S/C14H24N4/c1-2-11-5-3-4-6-14(11)18-10-13(16-17-18)9-15-12-7-8-12/h10-12,14-15H,2-9H2,1H3. The Balaban J connectivity index is 1.62. The molecule has 2 saturated carbocycles. The van der Waals surface area contributed by atoms with E-state index in [2.05, 4.69) is 33.4 Å². The van der Waals surface area contributed by atoms with Gasteiger partial charge in [-0.05, 0) is 31.6 Å². The summed E-state index contributed by atoms with van der Waals surface area (Å²) in [7, 11) is 0. The molecule has 100 valence electrons. The summed E-state index contributed by atoms with van der Waals surface area (Å²) in [5.74, 6) is 0.796. The predicted octanol–water partition coefficient (Wildman–Crippen LogP) is 2.67. The molecule has 18 heavy (non-hydrogen) atoms. The zero-order chi connectivity index (χ0) is 12.4. The van der Waals surface area contributed by atoms with Crippen molar-refractivity contribution in [1.29, 1.82) is 0 Å². The smallest absolute Gasteiger partial charge is 0.0965 e. The van der Waals surface area contributed by atoms with Crippen LogP contribution in [-0.2, 0) is 6.54 Å². The van der Waals surface area contributed by atoms with Crippen LogP contribution in [0.5, 0.6) is 0 Å². The van der Waals surface area contributed by atoms with Gasteiger partial charge in [0.25, 0.3) is 0 Å². The average Bonchev–Trinajstić information content (AvgIpc) is 3.13. The van der Waals surface area contributed by atoms with E-state index < -0.39 is 0 Å². The minimum atomic E-state index is 0.589. The van der Waals surface area contributed by atoms with E-state index in [9.17, 15) is 0 Å². The second kappa shape index (κ2) is 5.39. The van der Waals surface area contributed by atoms with Crippen LogP contribution < -0.4 is 5.32 Å². The molecule has 1 heterocycles. The molecule has 2 unspecified atom stereocenters. The van der Waals surface area contributed by atoms with Crippen molar-refractivity contribution in [2.45, 2.75) is 70.5 Å². The lowest BCUT2D eigenvalue weighted by atomic mass is 9.83. The summed E-state index contributed by atoms with van der Waals surface area (Å²) in [6, 6.07) is 1.33. The van der Waals surface area contributed by atoms with Gasteiger partial charge in [-0.15, -0.1) is 5.10 Å². The number of aromatic nitrogens is 3. The van der Waals surface area contributed by atoms with Gasteiger partial charge in [-0.2, -0.15) is 0 Å². The molecule has 2 atom stereocenters. The van der Waals surface area contributed by atoms with Crippen molar-refractivity contribution in [2.75, 3.05) is 0 Å². The molecule has 4 heteroatoms. The highest BCUT2D eigenvalue weighted by Crippen LogP contribution is 2.35. The normalized spacial score (nSPS) is 28.5. The van der Waals surface area contributed by atoms with Crippen molar-refractivity contribution in [1.82, 2.24) is 20.3 Å². The van der Waals surface area contributed by atoms with Crippen molar-refractivity contribution < 1.29 is 0 Å². The second-order valence-corrected chi connectivity index (χ2v) is 5.87. The van der Waals surface area contributed by atoms with E-state index in [0.717, 1.165) is 24.2 Å². The Morgan fingerprint density at radius 3 is 2.89 bits per heavy atom. The van der Waals surface area contributed by atoms with Crippen LogP contribution in [0.15, 0.2) is 6.20 Å². The fourth-order valence-electron chi connectivity index (χ4n) is 3.11. The monoisotopic (exact) mass is 248 g/mol. The summed E-state index contributed by atoms with van der Waals surface area (Å²) in [6.07, 6.45) is 11.4. The van der Waals surface area contributed by atoms with E-state index in [4.69, 9.17) is 0 Å². The molecule has 4 nitrogen and oxygen atoms in total. The van der Waals surface area contributed by atoms with E-state index in [-0.39, 0.29) is 0 Å². The Morgan fingerprint density at radius 2 is 2.11 bits per heavy atom. The second-order valence-electron chi connectivity index (χ2n) is 5.87. The largest absolute Gasteiger partial charge is 0.308 e. The van der Waals surface area contributed by atoms with Crippen molar-refractivity contribution >= 4 is 0 Å². The third-order valence-electron chi connectivity index (χ3n) is 4.44. The third kappa shape index (κ3) is 2.74. The Kier molecular flexibility index (Phi) is 3.64. The minimum absolute atomic E-state index is 0.589. The van der Waals surface area contributed by atoms with Gasteiger partial charge in [0, 0.05) is 12.6 Å². The van der Waals surface area contributed by atoms with E-state index in [1.807, 2.05) is 0 Å². The predicted molar refractivity (Wildman–Crippen MR) is 71.2 cm³/mol. The zero-order valence-electron chi connectivity index (χ0n) is 11.3. The Hall–Kier alpha value is -0.900. The molecule has 1 aromatic heterocycles. The summed E-state index contributed by atoms with van der Waals surface area (Å²) >= 11 is 0. The molecule has 0 bridgehead atoms. The topological polar surface area (TPSA) is 42.7 Å². The highest BCUT2D eigenvalue weighted by Gasteiger charge is 2.26. The maximum Gasteiger partial charge on any atom is 0.0965 e. The van der Waals surface area contributed by atoms with Gasteiger partial charge in [0.15, 0.2) is 0 Å². The van der Waals surface area contributed by atoms with Gasteiger partial charge in [0.05, 0.1) is 17.9 Å². The summed E-state index contributed by atoms with van der Waals surface area (Å²) in [4.78, 5) is 0. The van der Waals surface area contributed by atoms with Gasteiger partial charge >= 0.3 is 0 Å². The maximum atomic E-state index is 4.36. The van der Waals surface area contributed by atoms with Gasteiger partial charge in [-0.1, -0.05) is 31.4 Å². The lowest BCUT2D eigenvalue weighted by molar-refractivity contribution is 0.214. The molecule has 1 N–H and O–H groups in total. The van der Waals surface area contributed by atoms with Gasteiger partial charge < -0.3 is 5.32 Å². The molecule has 2 aliphatic carbocycles. The fraction of sp³-hybridized carbons (Fsp3) is 0.857. The lowest BCUT2D eigenvalue weighted by Gasteiger charge is -2.30. The van der Waals surface area contributed by atoms with Crippen LogP contribution in [-0.4, -0.2) is 21.0 Å². The summed E-state index contributed by atoms with van der Waals surface area (Å²) in [5, 5.41) is 12.2. The number of hydrogen-bond donors (Lipinski definition) is 1. The molecular weight excluding hydrogens is 224 g/mol.